The Bertz CT molecular complexity index is 3050. The van der Waals surface area contributed by atoms with Crippen LogP contribution in [-0.4, -0.2) is 108 Å². The highest BCUT2D eigenvalue weighted by molar-refractivity contribution is 6.12. The summed E-state index contributed by atoms with van der Waals surface area (Å²) in [5, 5.41) is 16.4. The molecule has 6 N–H and O–H groups in total. The molecule has 5 aromatic heterocycles. The number of primary amides is 1. The minimum atomic E-state index is -0.605. The topological polar surface area (TPSA) is 265 Å². The van der Waals surface area contributed by atoms with E-state index in [4.69, 9.17) is 40.6 Å². The zero-order chi connectivity index (χ0) is 49.9. The van der Waals surface area contributed by atoms with Gasteiger partial charge in [-0.25, -0.2) is 15.0 Å². The lowest BCUT2D eigenvalue weighted by atomic mass is 10.1. The second kappa shape index (κ2) is 23.1. The number of hydrogen-bond acceptors (Lipinski definition) is 14. The van der Waals surface area contributed by atoms with Gasteiger partial charge in [0, 0.05) is 94.8 Å². The van der Waals surface area contributed by atoms with Crippen LogP contribution in [0.1, 0.15) is 83.7 Å². The minimum absolute atomic E-state index is 0.168. The Balaban J connectivity index is 1.25. The molecule has 0 aliphatic carbocycles. The van der Waals surface area contributed by atoms with Crippen molar-refractivity contribution >= 4 is 62.6 Å². The lowest BCUT2D eigenvalue weighted by Gasteiger charge is -2.14. The van der Waals surface area contributed by atoms with Crippen LogP contribution in [0.3, 0.4) is 0 Å². The predicted octanol–water partition coefficient (Wildman–Crippen LogP) is 5.36. The van der Waals surface area contributed by atoms with Crippen molar-refractivity contribution in [2.75, 3.05) is 45.9 Å². The van der Waals surface area contributed by atoms with Gasteiger partial charge in [0.1, 0.15) is 34.1 Å². The van der Waals surface area contributed by atoms with E-state index in [1.54, 1.807) is 36.2 Å². The van der Waals surface area contributed by atoms with Crippen LogP contribution in [0.25, 0.3) is 44.5 Å². The Kier molecular flexibility index (Phi) is 16.6. The van der Waals surface area contributed by atoms with Gasteiger partial charge in [0.05, 0.1) is 42.7 Å². The van der Waals surface area contributed by atoms with E-state index in [-0.39, 0.29) is 61.8 Å². The van der Waals surface area contributed by atoms with Gasteiger partial charge < -0.3 is 44.9 Å². The first-order valence-corrected chi connectivity index (χ1v) is 23.4. The molecule has 0 spiro atoms. The van der Waals surface area contributed by atoms with Gasteiger partial charge in [0.25, 0.3) is 5.91 Å². The number of rotatable bonds is 25. The average Bonchev–Trinajstić information content (AvgIpc) is 4.12. The van der Waals surface area contributed by atoms with E-state index in [2.05, 4.69) is 25.6 Å². The smallest absolute Gasteiger partial charge is 0.305 e. The molecule has 0 saturated carbocycles. The van der Waals surface area contributed by atoms with Crippen molar-refractivity contribution in [3.05, 3.63) is 83.0 Å². The second-order valence-electron chi connectivity index (χ2n) is 16.6. The number of ether oxygens (including phenoxy) is 4. The molecule has 0 bridgehead atoms. The third kappa shape index (κ3) is 11.4. The molecule has 5 heterocycles. The van der Waals surface area contributed by atoms with Crippen LogP contribution in [0.2, 0.25) is 0 Å². The van der Waals surface area contributed by atoms with Gasteiger partial charge in [0.2, 0.25) is 17.8 Å². The Morgan fingerprint density at radius 3 is 2.20 bits per heavy atom. The summed E-state index contributed by atoms with van der Waals surface area (Å²) in [5.41, 5.74) is 18.2. The first-order valence-electron chi connectivity index (χ1n) is 23.4. The van der Waals surface area contributed by atoms with Gasteiger partial charge in [-0.15, -0.1) is 0 Å². The summed E-state index contributed by atoms with van der Waals surface area (Å²) >= 11 is 0. The van der Waals surface area contributed by atoms with E-state index in [9.17, 15) is 19.2 Å². The van der Waals surface area contributed by atoms with E-state index >= 15 is 0 Å². The van der Waals surface area contributed by atoms with Crippen molar-refractivity contribution in [2.24, 2.45) is 11.5 Å². The number of aromatic nitrogens is 9. The van der Waals surface area contributed by atoms with Crippen molar-refractivity contribution < 1.29 is 38.1 Å². The van der Waals surface area contributed by atoms with Crippen molar-refractivity contribution in [1.82, 2.24) is 49.0 Å². The molecule has 0 radical (unpaired) electrons. The molecule has 7 aromatic rings. The zero-order valence-electron chi connectivity index (χ0n) is 40.5. The van der Waals surface area contributed by atoms with Gasteiger partial charge in [-0.3, -0.25) is 33.9 Å². The van der Waals surface area contributed by atoms with Crippen LogP contribution in [0.5, 0.6) is 11.5 Å². The molecule has 0 unspecified atom stereocenters. The molecular formula is C49H61N13O8. The molecule has 7 rings (SSSR count). The molecule has 21 nitrogen and oxygen atoms in total. The van der Waals surface area contributed by atoms with E-state index in [0.717, 1.165) is 17.0 Å². The van der Waals surface area contributed by atoms with Crippen molar-refractivity contribution in [2.45, 2.75) is 92.5 Å². The number of nitrogens with zero attached hydrogens (tertiary/aromatic N) is 9. The van der Waals surface area contributed by atoms with Gasteiger partial charge >= 0.3 is 5.97 Å². The number of carbonyl (C=O) groups is 4. The molecule has 0 aliphatic heterocycles. The number of esters is 1. The highest BCUT2D eigenvalue weighted by atomic mass is 16.5. The lowest BCUT2D eigenvalue weighted by molar-refractivity contribution is -0.140. The summed E-state index contributed by atoms with van der Waals surface area (Å²) in [6, 6.07) is 10.8. The largest absolute Gasteiger partial charge is 0.491 e. The maximum atomic E-state index is 14.0. The fraction of sp³-hybridized carbons (Fsp3) is 0.408. The molecule has 70 heavy (non-hydrogen) atoms. The van der Waals surface area contributed by atoms with Gasteiger partial charge in [-0.2, -0.15) is 10.2 Å². The van der Waals surface area contributed by atoms with Crippen LogP contribution in [0.4, 0.5) is 5.95 Å². The number of hydrogen-bond donors (Lipinski definition) is 4. The standard InChI is InChI=1S/C49H61N13O8/c1-7-61-37(22-30(3)57-61)46-53-29-35-34-26-33(45(51)65)27-40(70-21-13-19-67-5)43(34)59(47(35)55-46)17-9-10-18-60-44-36(54-49(60)56-48(66)38-23-31(4)58-62(38)8-2)24-32(28-50)25-39(44)69-20-12-16-52-41(63)14-11-15-42(64)68-6/h9-10,22-27,29H,7-8,11-21,28,50H2,1-6H3,(H2,51,65)(H,52,63)(H,54,56,66)/b10-9+. The van der Waals surface area contributed by atoms with Crippen LogP contribution in [0.15, 0.2) is 54.7 Å². The predicted molar refractivity (Wildman–Crippen MR) is 264 cm³/mol. The highest BCUT2D eigenvalue weighted by Gasteiger charge is 2.23. The van der Waals surface area contributed by atoms with Crippen LogP contribution in [0, 0.1) is 13.8 Å². The summed E-state index contributed by atoms with van der Waals surface area (Å²) in [4.78, 5) is 65.3. The maximum Gasteiger partial charge on any atom is 0.305 e. The van der Waals surface area contributed by atoms with Crippen LogP contribution in [-0.2, 0) is 51.8 Å². The maximum absolute atomic E-state index is 14.0. The first kappa shape index (κ1) is 50.2. The van der Waals surface area contributed by atoms with Gasteiger partial charge in [-0.05, 0) is 82.5 Å². The van der Waals surface area contributed by atoms with Crippen LogP contribution < -0.4 is 31.6 Å². The summed E-state index contributed by atoms with van der Waals surface area (Å²) in [6.07, 6.45) is 7.53. The van der Waals surface area contributed by atoms with Crippen molar-refractivity contribution in [1.29, 1.82) is 0 Å². The van der Waals surface area contributed by atoms with Crippen molar-refractivity contribution in [3.8, 4) is 23.0 Å². The number of benzene rings is 2. The minimum Gasteiger partial charge on any atom is -0.491 e. The molecule has 370 valence electrons. The number of nitrogens with one attached hydrogen (secondary N) is 2. The fourth-order valence-electron chi connectivity index (χ4n) is 8.22. The number of amides is 3. The first-order chi connectivity index (χ1) is 33.9. The van der Waals surface area contributed by atoms with E-state index in [1.807, 2.05) is 71.9 Å². The number of aryl methyl sites for hydroxylation is 4. The molecular weight excluding hydrogens is 899 g/mol. The molecule has 2 aromatic carbocycles. The number of nitrogens with two attached hydrogens (primary N) is 2. The molecule has 0 fully saturated rings. The van der Waals surface area contributed by atoms with Crippen molar-refractivity contribution in [3.63, 3.8) is 0 Å². The number of anilines is 1. The van der Waals surface area contributed by atoms with Gasteiger partial charge in [-0.1, -0.05) is 12.2 Å². The number of allylic oxidation sites excluding steroid dienone is 2. The summed E-state index contributed by atoms with van der Waals surface area (Å²) in [6.45, 7) is 10.9. The second-order valence-corrected chi connectivity index (χ2v) is 16.6. The van der Waals surface area contributed by atoms with E-state index in [0.29, 0.717) is 120 Å². The Morgan fingerprint density at radius 2 is 1.49 bits per heavy atom. The highest BCUT2D eigenvalue weighted by Crippen LogP contribution is 2.37. The molecule has 0 saturated heterocycles. The normalized spacial score (nSPS) is 11.6. The number of methoxy groups -OCH3 is 2. The Morgan fingerprint density at radius 1 is 0.771 bits per heavy atom. The lowest BCUT2D eigenvalue weighted by Crippen LogP contribution is -2.25. The molecule has 0 aliphatic rings. The third-order valence-corrected chi connectivity index (χ3v) is 11.5. The number of imidazole rings is 1. The monoisotopic (exact) mass is 959 g/mol. The fourth-order valence-corrected chi connectivity index (χ4v) is 8.22. The molecule has 21 heteroatoms. The third-order valence-electron chi connectivity index (χ3n) is 11.5. The Labute approximate surface area is 404 Å². The molecule has 3 amide bonds. The number of fused-ring (bicyclic) bond motifs is 4. The molecule has 0 atom stereocenters. The van der Waals surface area contributed by atoms with E-state index < -0.39 is 5.91 Å². The zero-order valence-corrected chi connectivity index (χ0v) is 40.5. The summed E-state index contributed by atoms with van der Waals surface area (Å²) in [5.74, 6) is 0.170. The quantitative estimate of drug-likeness (QED) is 0.0319. The van der Waals surface area contributed by atoms with Gasteiger partial charge in [0.15, 0.2) is 5.82 Å². The summed E-state index contributed by atoms with van der Waals surface area (Å²) in [7, 11) is 2.94. The van der Waals surface area contributed by atoms with Crippen LogP contribution >= 0.6 is 0 Å². The average molecular weight is 960 g/mol. The Hall–Kier alpha value is -7.65. The summed E-state index contributed by atoms with van der Waals surface area (Å²) < 4.78 is 30.1. The van der Waals surface area contributed by atoms with E-state index in [1.165, 1.54) is 7.11 Å². The number of carbonyl (C=O) groups excluding carboxylic acids is 4. The SMILES string of the molecule is CCn1nc(C)cc1C(=O)Nc1nc2cc(CN)cc(OCCCNC(=O)CCCC(=O)OC)c2n1C/C=C/Cn1c2nc(-c3cc(C)nn3CC)ncc2c2cc(C(N)=O)cc(OCCCOC)c21.